The van der Waals surface area contributed by atoms with Gasteiger partial charge in [-0.15, -0.1) is 10.2 Å². The van der Waals surface area contributed by atoms with Crippen LogP contribution in [0.25, 0.3) is 11.1 Å². The summed E-state index contributed by atoms with van der Waals surface area (Å²) in [5.41, 5.74) is 14.9. The van der Waals surface area contributed by atoms with Crippen molar-refractivity contribution < 1.29 is 29.3 Å². The Morgan fingerprint density at radius 3 is 1.30 bits per heavy atom. The predicted octanol–water partition coefficient (Wildman–Crippen LogP) is 14.8. The number of azo groups is 2. The third-order valence-electron chi connectivity index (χ3n) is 10.8. The van der Waals surface area contributed by atoms with E-state index in [1.807, 2.05) is 38.1 Å². The number of carbonyl (C=O) groups is 2. The average Bonchev–Trinajstić information content (AvgIpc) is 3.20. The molecule has 12 heteroatoms. The van der Waals surface area contributed by atoms with Gasteiger partial charge in [-0.1, -0.05) is 147 Å². The zero-order valence-electron chi connectivity index (χ0n) is 35.7. The number of hydrogen-bond acceptors (Lipinski definition) is 10. The number of hydrogen-bond donors (Lipinski definition) is 4. The maximum absolute atomic E-state index is 11.0. The van der Waals surface area contributed by atoms with Crippen molar-refractivity contribution in [2.45, 2.75) is 136 Å². The third-order valence-corrected chi connectivity index (χ3v) is 10.8. The number of aromatic hydroxyl groups is 2. The number of unbranched alkanes of at least 4 members (excludes halogenated alkanes) is 13. The van der Waals surface area contributed by atoms with E-state index in [-0.39, 0.29) is 34.4 Å². The molecule has 6 N–H and O–H groups in total. The van der Waals surface area contributed by atoms with E-state index in [1.165, 1.54) is 127 Å². The fraction of sp³-hybridized carbons (Fsp3) is 0.458. The Labute approximate surface area is 355 Å². The van der Waals surface area contributed by atoms with Crippen molar-refractivity contribution in [3.8, 4) is 34.1 Å². The SMILES string of the molecule is CCCCCCCCCCCCCCCCC1CCC1.Cc1cc(-c2ccc(N=Nc3cccc(OC(N)=O)c3O)c(C)c2)ccc1N=Nc1cccc(OC(N)=O)c1O. The summed E-state index contributed by atoms with van der Waals surface area (Å²) in [7, 11) is 0. The number of primary amides is 2. The van der Waals surface area contributed by atoms with E-state index < -0.39 is 12.2 Å². The summed E-state index contributed by atoms with van der Waals surface area (Å²) in [4.78, 5) is 22.0. The van der Waals surface area contributed by atoms with Gasteiger partial charge >= 0.3 is 12.2 Å². The summed E-state index contributed by atoms with van der Waals surface area (Å²) < 4.78 is 9.49. The molecule has 0 aromatic heterocycles. The predicted molar refractivity (Wildman–Crippen MR) is 239 cm³/mol. The molecule has 322 valence electrons. The molecule has 4 aromatic rings. The van der Waals surface area contributed by atoms with Gasteiger partial charge in [-0.25, -0.2) is 9.59 Å². The molecule has 1 saturated carbocycles. The molecule has 0 spiro atoms. The van der Waals surface area contributed by atoms with Crippen molar-refractivity contribution >= 4 is 34.9 Å². The van der Waals surface area contributed by atoms with E-state index >= 15 is 0 Å². The van der Waals surface area contributed by atoms with Gasteiger partial charge in [0, 0.05) is 0 Å². The average molecular weight is 821 g/mol. The highest BCUT2D eigenvalue weighted by Gasteiger charge is 2.16. The molecule has 0 bridgehead atoms. The molecule has 12 nitrogen and oxygen atoms in total. The molecule has 0 heterocycles. The first-order valence-corrected chi connectivity index (χ1v) is 21.7. The molecule has 0 saturated heterocycles. The molecule has 0 unspecified atom stereocenters. The zero-order valence-corrected chi connectivity index (χ0v) is 35.7. The lowest BCUT2D eigenvalue weighted by atomic mass is 9.81. The van der Waals surface area contributed by atoms with E-state index in [9.17, 15) is 19.8 Å². The van der Waals surface area contributed by atoms with Crippen LogP contribution in [0.1, 0.15) is 134 Å². The molecule has 1 aliphatic carbocycles. The molecular weight excluding hydrogens is 757 g/mol. The van der Waals surface area contributed by atoms with Gasteiger partial charge in [0.2, 0.25) is 0 Å². The summed E-state index contributed by atoms with van der Waals surface area (Å²) in [5, 5.41) is 37.1. The molecular formula is C48H64N6O6. The van der Waals surface area contributed by atoms with Crippen LogP contribution in [0.4, 0.5) is 32.3 Å². The first-order chi connectivity index (χ1) is 29.0. The van der Waals surface area contributed by atoms with Crippen LogP contribution >= 0.6 is 0 Å². The quantitative estimate of drug-likeness (QED) is 0.0449. The molecule has 0 aliphatic heterocycles. The number of ether oxygens (including phenoxy) is 2. The minimum Gasteiger partial charge on any atom is -0.503 e. The second-order valence-electron chi connectivity index (χ2n) is 15.7. The minimum absolute atomic E-state index is 0.114. The Bertz CT molecular complexity index is 1910. The summed E-state index contributed by atoms with van der Waals surface area (Å²) in [5.74, 6) is 0.198. The number of nitrogens with two attached hydrogens (primary N) is 2. The van der Waals surface area contributed by atoms with Crippen LogP contribution in [0.5, 0.6) is 23.0 Å². The Morgan fingerprint density at radius 2 is 0.950 bits per heavy atom. The summed E-state index contributed by atoms with van der Waals surface area (Å²) in [6.07, 6.45) is 24.8. The minimum atomic E-state index is -1.05. The third kappa shape index (κ3) is 16.1. The maximum Gasteiger partial charge on any atom is 0.410 e. The van der Waals surface area contributed by atoms with Gasteiger partial charge in [0.1, 0.15) is 11.4 Å². The highest BCUT2D eigenvalue weighted by molar-refractivity contribution is 5.73. The molecule has 5 rings (SSSR count). The van der Waals surface area contributed by atoms with Crippen LogP contribution in [0.15, 0.2) is 93.3 Å². The first kappa shape index (κ1) is 46.9. The molecule has 1 aliphatic rings. The summed E-state index contributed by atoms with van der Waals surface area (Å²) >= 11 is 0. The number of phenols is 2. The van der Waals surface area contributed by atoms with E-state index in [0.717, 1.165) is 28.2 Å². The van der Waals surface area contributed by atoms with Crippen molar-refractivity contribution in [3.63, 3.8) is 0 Å². The van der Waals surface area contributed by atoms with Crippen LogP contribution in [-0.4, -0.2) is 22.4 Å². The first-order valence-electron chi connectivity index (χ1n) is 21.7. The lowest BCUT2D eigenvalue weighted by molar-refractivity contribution is 0.208. The van der Waals surface area contributed by atoms with Crippen LogP contribution in [0.2, 0.25) is 0 Å². The topological polar surface area (TPSA) is 195 Å². The highest BCUT2D eigenvalue weighted by atomic mass is 16.6. The van der Waals surface area contributed by atoms with Gasteiger partial charge < -0.3 is 31.2 Å². The number of nitrogens with zero attached hydrogens (tertiary/aromatic N) is 4. The van der Waals surface area contributed by atoms with Gasteiger partial charge in [0.25, 0.3) is 0 Å². The smallest absolute Gasteiger partial charge is 0.410 e. The van der Waals surface area contributed by atoms with Gasteiger partial charge in [-0.05, 0) is 90.6 Å². The van der Waals surface area contributed by atoms with E-state index in [4.69, 9.17) is 20.9 Å². The van der Waals surface area contributed by atoms with Gasteiger partial charge in [-0.2, -0.15) is 10.2 Å². The Kier molecular flexibility index (Phi) is 20.1. The monoisotopic (exact) mass is 820 g/mol. The standard InChI is InChI=1S/C28H24N6O6.C20H40/c1-15-13-17(9-11-19(15)31-33-21-5-3-7-23(25(21)35)39-27(29)37)18-10-12-20(16(2)14-18)32-34-22-6-4-8-24(26(22)36)40-28(30)38;1-2-3-4-5-6-7-8-9-10-11-12-13-14-15-17-20-18-16-19-20/h3-14,35-36H,1-2H3,(H2,29,37)(H2,30,38);20H,2-19H2,1H3. The summed E-state index contributed by atoms with van der Waals surface area (Å²) in [6, 6.07) is 20.1. The Hall–Kier alpha value is -5.78. The van der Waals surface area contributed by atoms with E-state index in [2.05, 4.69) is 27.4 Å². The van der Waals surface area contributed by atoms with Gasteiger partial charge in [-0.3, -0.25) is 0 Å². The van der Waals surface area contributed by atoms with E-state index in [1.54, 1.807) is 37.1 Å². The fourth-order valence-corrected chi connectivity index (χ4v) is 7.08. The lowest BCUT2D eigenvalue weighted by Gasteiger charge is -2.24. The van der Waals surface area contributed by atoms with Gasteiger partial charge in [0.05, 0.1) is 11.4 Å². The molecule has 4 aromatic carbocycles. The van der Waals surface area contributed by atoms with E-state index in [0.29, 0.717) is 11.4 Å². The molecule has 2 amide bonds. The van der Waals surface area contributed by atoms with Crippen molar-refractivity contribution in [2.75, 3.05) is 0 Å². The number of benzene rings is 4. The van der Waals surface area contributed by atoms with Crippen LogP contribution in [0, 0.1) is 19.8 Å². The van der Waals surface area contributed by atoms with Crippen molar-refractivity contribution in [1.29, 1.82) is 0 Å². The van der Waals surface area contributed by atoms with Crippen molar-refractivity contribution in [2.24, 2.45) is 37.8 Å². The van der Waals surface area contributed by atoms with Crippen LogP contribution in [-0.2, 0) is 0 Å². The molecule has 60 heavy (non-hydrogen) atoms. The largest absolute Gasteiger partial charge is 0.503 e. The normalized spacial score (nSPS) is 12.6. The number of amides is 2. The van der Waals surface area contributed by atoms with Crippen LogP contribution in [0.3, 0.4) is 0 Å². The fourth-order valence-electron chi connectivity index (χ4n) is 7.08. The zero-order chi connectivity index (χ0) is 43.1. The second kappa shape index (κ2) is 25.6. The van der Waals surface area contributed by atoms with Crippen molar-refractivity contribution in [1.82, 2.24) is 0 Å². The highest BCUT2D eigenvalue weighted by Crippen LogP contribution is 2.39. The lowest BCUT2D eigenvalue weighted by Crippen LogP contribution is -2.16. The number of aryl methyl sites for hydroxylation is 2. The molecule has 0 radical (unpaired) electrons. The number of para-hydroxylation sites is 2. The van der Waals surface area contributed by atoms with Crippen LogP contribution < -0.4 is 20.9 Å². The second-order valence-corrected chi connectivity index (χ2v) is 15.7. The maximum atomic E-state index is 11.0. The molecule has 0 atom stereocenters. The van der Waals surface area contributed by atoms with Gasteiger partial charge in [0.15, 0.2) is 23.0 Å². The summed E-state index contributed by atoms with van der Waals surface area (Å²) in [6.45, 7) is 6.05. The Balaban J connectivity index is 0.000000334. The van der Waals surface area contributed by atoms with Crippen molar-refractivity contribution in [3.05, 3.63) is 83.9 Å². The Morgan fingerprint density at radius 1 is 0.567 bits per heavy atom. The number of phenolic OH excluding ortho intramolecular Hbond substituents is 2. The number of rotatable bonds is 22. The molecule has 1 fully saturated rings. The number of carbonyl (C=O) groups excluding carboxylic acids is 2.